The van der Waals surface area contributed by atoms with Crippen molar-refractivity contribution in [3.63, 3.8) is 0 Å². The molecule has 1 aliphatic rings. The minimum absolute atomic E-state index is 1.14. The normalized spacial score (nSPS) is 16.7. The Bertz CT molecular complexity index is 520. The fourth-order valence-electron chi connectivity index (χ4n) is 2.67. The Morgan fingerprint density at radius 3 is 2.42 bits per heavy atom. The van der Waals surface area contributed by atoms with Crippen molar-refractivity contribution in [1.82, 2.24) is 4.90 Å². The van der Waals surface area contributed by atoms with Crippen molar-refractivity contribution in [3.8, 4) is 10.4 Å². The van der Waals surface area contributed by atoms with Crippen LogP contribution in [0.1, 0.15) is 29.7 Å². The molecular formula is C17H21NS. The van der Waals surface area contributed by atoms with E-state index in [0.29, 0.717) is 0 Å². The van der Waals surface area contributed by atoms with Gasteiger partial charge >= 0.3 is 0 Å². The molecule has 1 nitrogen and oxygen atoms in total. The van der Waals surface area contributed by atoms with E-state index in [4.69, 9.17) is 0 Å². The highest BCUT2D eigenvalue weighted by Gasteiger charge is 2.11. The summed E-state index contributed by atoms with van der Waals surface area (Å²) >= 11 is 1.94. The molecule has 0 aliphatic carbocycles. The number of thiophene rings is 1. The van der Waals surface area contributed by atoms with Gasteiger partial charge in [-0.3, -0.25) is 4.90 Å². The second kappa shape index (κ2) is 5.89. The monoisotopic (exact) mass is 271 g/mol. The predicted octanol–water partition coefficient (Wildman–Crippen LogP) is 4.71. The van der Waals surface area contributed by atoms with Gasteiger partial charge in [0.15, 0.2) is 0 Å². The van der Waals surface area contributed by atoms with Crippen molar-refractivity contribution in [1.29, 1.82) is 0 Å². The standard InChI is InChI=1S/C17H21NS/c1-14-5-7-15(8-6-14)17-10-9-16(19-17)13-18-11-3-2-4-12-18/h5-10H,2-4,11-13H2,1H3. The summed E-state index contributed by atoms with van der Waals surface area (Å²) in [5, 5.41) is 0. The summed E-state index contributed by atoms with van der Waals surface area (Å²) in [5.41, 5.74) is 2.68. The van der Waals surface area contributed by atoms with Crippen molar-refractivity contribution in [2.45, 2.75) is 32.7 Å². The van der Waals surface area contributed by atoms with Crippen molar-refractivity contribution < 1.29 is 0 Å². The SMILES string of the molecule is Cc1ccc(-c2ccc(CN3CCCCC3)s2)cc1. The van der Waals surface area contributed by atoms with E-state index in [2.05, 4.69) is 48.2 Å². The summed E-state index contributed by atoms with van der Waals surface area (Å²) < 4.78 is 0. The first-order chi connectivity index (χ1) is 9.31. The summed E-state index contributed by atoms with van der Waals surface area (Å²) in [5.74, 6) is 0. The average molecular weight is 271 g/mol. The lowest BCUT2D eigenvalue weighted by atomic mass is 10.1. The van der Waals surface area contributed by atoms with E-state index in [1.165, 1.54) is 53.2 Å². The van der Waals surface area contributed by atoms with Crippen molar-refractivity contribution in [2.75, 3.05) is 13.1 Å². The van der Waals surface area contributed by atoms with E-state index in [9.17, 15) is 0 Å². The van der Waals surface area contributed by atoms with Gasteiger partial charge in [-0.25, -0.2) is 0 Å². The molecule has 1 aromatic heterocycles. The van der Waals surface area contributed by atoms with Crippen LogP contribution < -0.4 is 0 Å². The van der Waals surface area contributed by atoms with Gasteiger partial charge in [-0.05, 0) is 50.6 Å². The van der Waals surface area contributed by atoms with E-state index in [1.54, 1.807) is 0 Å². The topological polar surface area (TPSA) is 3.24 Å². The van der Waals surface area contributed by atoms with Crippen LogP contribution in [0.15, 0.2) is 36.4 Å². The maximum atomic E-state index is 2.59. The van der Waals surface area contributed by atoms with Gasteiger partial charge in [-0.1, -0.05) is 36.2 Å². The minimum Gasteiger partial charge on any atom is -0.298 e. The first kappa shape index (κ1) is 12.9. The van der Waals surface area contributed by atoms with E-state index < -0.39 is 0 Å². The van der Waals surface area contributed by atoms with Gasteiger partial charge in [0.25, 0.3) is 0 Å². The third-order valence-corrected chi connectivity index (χ3v) is 4.94. The fraction of sp³-hybridized carbons (Fsp3) is 0.412. The van der Waals surface area contributed by atoms with E-state index in [1.807, 2.05) is 11.3 Å². The highest BCUT2D eigenvalue weighted by molar-refractivity contribution is 7.15. The molecule has 1 aliphatic heterocycles. The Morgan fingerprint density at radius 1 is 0.947 bits per heavy atom. The fourth-order valence-corrected chi connectivity index (χ4v) is 3.73. The van der Waals surface area contributed by atoms with E-state index in [0.717, 1.165) is 6.54 Å². The molecule has 0 saturated carbocycles. The van der Waals surface area contributed by atoms with Crippen molar-refractivity contribution >= 4 is 11.3 Å². The maximum Gasteiger partial charge on any atom is 0.0346 e. The Balaban J connectivity index is 1.70. The highest BCUT2D eigenvalue weighted by atomic mass is 32.1. The molecule has 1 aromatic carbocycles. The molecule has 3 rings (SSSR count). The quantitative estimate of drug-likeness (QED) is 0.781. The largest absolute Gasteiger partial charge is 0.298 e. The van der Waals surface area contributed by atoms with Crippen molar-refractivity contribution in [3.05, 3.63) is 46.8 Å². The predicted molar refractivity (Wildman–Crippen MR) is 83.6 cm³/mol. The van der Waals surface area contributed by atoms with Gasteiger partial charge in [-0.15, -0.1) is 11.3 Å². The molecule has 0 bridgehead atoms. The molecule has 0 unspecified atom stereocenters. The Labute approximate surface area is 119 Å². The second-order valence-electron chi connectivity index (χ2n) is 5.47. The van der Waals surface area contributed by atoms with Crippen LogP contribution in [0.2, 0.25) is 0 Å². The molecule has 1 saturated heterocycles. The molecule has 0 amide bonds. The Hall–Kier alpha value is -1.12. The summed E-state index contributed by atoms with van der Waals surface area (Å²) in [6, 6.07) is 13.4. The number of aryl methyl sites for hydroxylation is 1. The molecule has 0 radical (unpaired) electrons. The number of likely N-dealkylation sites (tertiary alicyclic amines) is 1. The van der Waals surface area contributed by atoms with Gasteiger partial charge in [-0.2, -0.15) is 0 Å². The smallest absolute Gasteiger partial charge is 0.0346 e. The molecular weight excluding hydrogens is 250 g/mol. The van der Waals surface area contributed by atoms with Crippen molar-refractivity contribution in [2.24, 2.45) is 0 Å². The summed E-state index contributed by atoms with van der Waals surface area (Å²) in [7, 11) is 0. The lowest BCUT2D eigenvalue weighted by Crippen LogP contribution is -2.28. The molecule has 1 fully saturated rings. The lowest BCUT2D eigenvalue weighted by Gasteiger charge is -2.25. The number of rotatable bonds is 3. The van der Waals surface area contributed by atoms with Crippen LogP contribution >= 0.6 is 11.3 Å². The van der Waals surface area contributed by atoms with Crippen LogP contribution in [0.25, 0.3) is 10.4 Å². The van der Waals surface area contributed by atoms with Crippen LogP contribution in [0.4, 0.5) is 0 Å². The number of hydrogen-bond acceptors (Lipinski definition) is 2. The zero-order chi connectivity index (χ0) is 13.1. The third-order valence-electron chi connectivity index (χ3n) is 3.83. The second-order valence-corrected chi connectivity index (χ2v) is 6.64. The molecule has 2 heteroatoms. The van der Waals surface area contributed by atoms with E-state index >= 15 is 0 Å². The van der Waals surface area contributed by atoms with Gasteiger partial charge in [0, 0.05) is 16.3 Å². The van der Waals surface area contributed by atoms with Gasteiger partial charge in [0.2, 0.25) is 0 Å². The first-order valence-corrected chi connectivity index (χ1v) is 8.01. The van der Waals surface area contributed by atoms with Crippen LogP contribution in [0.5, 0.6) is 0 Å². The average Bonchev–Trinajstić information content (AvgIpc) is 2.89. The third kappa shape index (κ3) is 3.26. The Morgan fingerprint density at radius 2 is 1.68 bits per heavy atom. The molecule has 2 aromatic rings. The van der Waals surface area contributed by atoms with E-state index in [-0.39, 0.29) is 0 Å². The molecule has 19 heavy (non-hydrogen) atoms. The molecule has 0 N–H and O–H groups in total. The van der Waals surface area contributed by atoms with Crippen LogP contribution in [-0.4, -0.2) is 18.0 Å². The summed E-state index contributed by atoms with van der Waals surface area (Å²) in [6.45, 7) is 5.83. The van der Waals surface area contributed by atoms with Crippen LogP contribution in [0.3, 0.4) is 0 Å². The van der Waals surface area contributed by atoms with Gasteiger partial charge in [0.05, 0.1) is 0 Å². The molecule has 0 spiro atoms. The number of nitrogens with zero attached hydrogens (tertiary/aromatic N) is 1. The zero-order valence-electron chi connectivity index (χ0n) is 11.6. The number of benzene rings is 1. The first-order valence-electron chi connectivity index (χ1n) is 7.19. The lowest BCUT2D eigenvalue weighted by molar-refractivity contribution is 0.222. The summed E-state index contributed by atoms with van der Waals surface area (Å²) in [6.07, 6.45) is 4.15. The minimum atomic E-state index is 1.14. The molecule has 2 heterocycles. The number of piperidine rings is 1. The molecule has 100 valence electrons. The molecule has 0 atom stereocenters. The van der Waals surface area contributed by atoms with Crippen LogP contribution in [0, 0.1) is 6.92 Å². The number of hydrogen-bond donors (Lipinski definition) is 0. The van der Waals surface area contributed by atoms with Gasteiger partial charge in [0.1, 0.15) is 0 Å². The zero-order valence-corrected chi connectivity index (χ0v) is 12.4. The van der Waals surface area contributed by atoms with Gasteiger partial charge < -0.3 is 0 Å². The maximum absolute atomic E-state index is 2.59. The highest BCUT2D eigenvalue weighted by Crippen LogP contribution is 2.29. The Kier molecular flexibility index (Phi) is 4.00. The summed E-state index contributed by atoms with van der Waals surface area (Å²) in [4.78, 5) is 5.48. The van der Waals surface area contributed by atoms with Crippen LogP contribution in [-0.2, 0) is 6.54 Å².